The zero-order valence-corrected chi connectivity index (χ0v) is 11.6. The zero-order valence-electron chi connectivity index (χ0n) is 10.8. The first kappa shape index (κ1) is 13.4. The molecule has 0 saturated carbocycles. The fourth-order valence-electron chi connectivity index (χ4n) is 2.11. The largest absolute Gasteiger partial charge is 0.478 e. The van der Waals surface area contributed by atoms with Crippen LogP contribution in [0.2, 0.25) is 0 Å². The van der Waals surface area contributed by atoms with E-state index in [0.717, 1.165) is 0 Å². The lowest BCUT2D eigenvalue weighted by Crippen LogP contribution is -2.01. The van der Waals surface area contributed by atoms with Gasteiger partial charge < -0.3 is 10.1 Å². The lowest BCUT2D eigenvalue weighted by atomic mass is 10.1. The summed E-state index contributed by atoms with van der Waals surface area (Å²) in [4.78, 5) is 14.0. The number of hydrogen-bond donors (Lipinski definition) is 2. The van der Waals surface area contributed by atoms with Gasteiger partial charge in [-0.05, 0) is 36.4 Å². The van der Waals surface area contributed by atoms with Crippen molar-refractivity contribution in [2.24, 2.45) is 0 Å². The second-order valence-electron chi connectivity index (χ2n) is 4.56. The molecule has 1 heterocycles. The molecule has 5 nitrogen and oxygen atoms in total. The quantitative estimate of drug-likeness (QED) is 0.778. The number of hydrogen-bond acceptors (Lipinski definition) is 3. The van der Waals surface area contributed by atoms with Crippen molar-refractivity contribution >= 4 is 26.7 Å². The number of aromatic nitrogens is 1. The van der Waals surface area contributed by atoms with Crippen molar-refractivity contribution in [1.82, 2.24) is 4.98 Å². The number of fused-ring (bicyclic) bond motifs is 1. The van der Waals surface area contributed by atoms with E-state index in [0.29, 0.717) is 10.9 Å². The van der Waals surface area contributed by atoms with Gasteiger partial charge in [0.2, 0.25) is 9.84 Å². The highest BCUT2D eigenvalue weighted by atomic mass is 32.2. The van der Waals surface area contributed by atoms with Crippen LogP contribution in [-0.2, 0) is 9.84 Å². The Morgan fingerprint density at radius 1 is 1.00 bits per heavy atom. The van der Waals surface area contributed by atoms with Gasteiger partial charge in [0.25, 0.3) is 0 Å². The average molecular weight is 301 g/mol. The molecular formula is C15H11NO4S. The first-order valence-electron chi connectivity index (χ1n) is 6.15. The van der Waals surface area contributed by atoms with Gasteiger partial charge in [0.05, 0.1) is 10.5 Å². The number of rotatable bonds is 3. The van der Waals surface area contributed by atoms with Crippen LogP contribution in [0.4, 0.5) is 0 Å². The van der Waals surface area contributed by atoms with Gasteiger partial charge in [-0.25, -0.2) is 13.2 Å². The zero-order chi connectivity index (χ0) is 15.0. The van der Waals surface area contributed by atoms with E-state index < -0.39 is 15.8 Å². The second kappa shape index (κ2) is 4.75. The first-order chi connectivity index (χ1) is 9.98. The molecule has 0 atom stereocenters. The predicted octanol–water partition coefficient (Wildman–Crippen LogP) is 2.70. The maximum atomic E-state index is 12.5. The van der Waals surface area contributed by atoms with Crippen LogP contribution < -0.4 is 0 Å². The molecule has 0 unspecified atom stereocenters. The van der Waals surface area contributed by atoms with Crippen molar-refractivity contribution in [3.63, 3.8) is 0 Å². The molecule has 0 saturated heterocycles. The number of carboxylic acid groups (broad SMARTS) is 1. The van der Waals surface area contributed by atoms with E-state index in [2.05, 4.69) is 4.98 Å². The Bertz CT molecular complexity index is 927. The Balaban J connectivity index is 2.15. The maximum absolute atomic E-state index is 12.5. The summed E-state index contributed by atoms with van der Waals surface area (Å²) in [7, 11) is -3.64. The highest BCUT2D eigenvalue weighted by Gasteiger charge is 2.20. The minimum atomic E-state index is -3.64. The Hall–Kier alpha value is -2.60. The summed E-state index contributed by atoms with van der Waals surface area (Å²) in [6.45, 7) is 0. The lowest BCUT2D eigenvalue weighted by Gasteiger charge is -2.00. The van der Waals surface area contributed by atoms with Crippen LogP contribution >= 0.6 is 0 Å². The van der Waals surface area contributed by atoms with E-state index in [1.54, 1.807) is 24.3 Å². The number of aromatic amines is 1. The molecule has 0 bridgehead atoms. The fraction of sp³-hybridized carbons (Fsp3) is 0. The van der Waals surface area contributed by atoms with Crippen LogP contribution in [0.1, 0.15) is 10.4 Å². The predicted molar refractivity (Wildman–Crippen MR) is 77.2 cm³/mol. The van der Waals surface area contributed by atoms with Crippen molar-refractivity contribution < 1.29 is 18.3 Å². The molecule has 0 aliphatic rings. The number of benzene rings is 2. The van der Waals surface area contributed by atoms with Crippen LogP contribution in [-0.4, -0.2) is 24.5 Å². The molecule has 0 amide bonds. The van der Waals surface area contributed by atoms with Gasteiger partial charge >= 0.3 is 5.97 Å². The van der Waals surface area contributed by atoms with Gasteiger partial charge in [0.1, 0.15) is 5.03 Å². The number of H-pyrrole nitrogens is 1. The smallest absolute Gasteiger partial charge is 0.335 e. The summed E-state index contributed by atoms with van der Waals surface area (Å²) in [5.41, 5.74) is 0.694. The van der Waals surface area contributed by atoms with Crippen LogP contribution in [0, 0.1) is 0 Å². The van der Waals surface area contributed by atoms with E-state index in [-0.39, 0.29) is 15.5 Å². The minimum Gasteiger partial charge on any atom is -0.478 e. The van der Waals surface area contributed by atoms with Crippen molar-refractivity contribution in [3.8, 4) is 0 Å². The highest BCUT2D eigenvalue weighted by Crippen LogP contribution is 2.25. The van der Waals surface area contributed by atoms with Gasteiger partial charge in [-0.3, -0.25) is 0 Å². The average Bonchev–Trinajstić information content (AvgIpc) is 2.91. The second-order valence-corrected chi connectivity index (χ2v) is 6.48. The molecule has 0 aliphatic heterocycles. The monoisotopic (exact) mass is 301 g/mol. The molecule has 3 rings (SSSR count). The molecule has 0 spiro atoms. The molecule has 0 radical (unpaired) electrons. The van der Waals surface area contributed by atoms with E-state index in [1.807, 2.05) is 0 Å². The van der Waals surface area contributed by atoms with E-state index in [4.69, 9.17) is 5.11 Å². The van der Waals surface area contributed by atoms with Crippen LogP contribution in [0.3, 0.4) is 0 Å². The fourth-order valence-corrected chi connectivity index (χ4v) is 3.41. The van der Waals surface area contributed by atoms with Crippen LogP contribution in [0.15, 0.2) is 64.5 Å². The van der Waals surface area contributed by atoms with Crippen molar-refractivity contribution in [3.05, 3.63) is 60.2 Å². The van der Waals surface area contributed by atoms with Gasteiger partial charge in [0.15, 0.2) is 0 Å². The summed E-state index contributed by atoms with van der Waals surface area (Å²) in [5, 5.41) is 9.55. The SMILES string of the molecule is O=C(O)c1ccc2[nH]c(S(=O)(=O)c3ccccc3)cc2c1. The summed E-state index contributed by atoms with van der Waals surface area (Å²) < 4.78 is 24.9. The molecule has 0 fully saturated rings. The third-order valence-corrected chi connectivity index (χ3v) is 4.88. The van der Waals surface area contributed by atoms with E-state index >= 15 is 0 Å². The van der Waals surface area contributed by atoms with E-state index in [1.165, 1.54) is 30.3 Å². The third-order valence-electron chi connectivity index (χ3n) is 3.19. The van der Waals surface area contributed by atoms with Gasteiger partial charge in [-0.15, -0.1) is 0 Å². The molecule has 1 aromatic heterocycles. The van der Waals surface area contributed by atoms with Crippen LogP contribution in [0.5, 0.6) is 0 Å². The Morgan fingerprint density at radius 2 is 1.71 bits per heavy atom. The van der Waals surface area contributed by atoms with Crippen molar-refractivity contribution in [2.45, 2.75) is 9.92 Å². The normalized spacial score (nSPS) is 11.6. The molecule has 0 aliphatic carbocycles. The summed E-state index contributed by atoms with van der Waals surface area (Å²) in [6, 6.07) is 14.0. The van der Waals surface area contributed by atoms with Gasteiger partial charge in [-0.1, -0.05) is 18.2 Å². The number of sulfone groups is 1. The summed E-state index contributed by atoms with van der Waals surface area (Å²) in [6.07, 6.45) is 0. The first-order valence-corrected chi connectivity index (χ1v) is 7.63. The Morgan fingerprint density at radius 3 is 2.38 bits per heavy atom. The van der Waals surface area contributed by atoms with Crippen molar-refractivity contribution in [1.29, 1.82) is 0 Å². The lowest BCUT2D eigenvalue weighted by molar-refractivity contribution is 0.0697. The Kier molecular flexibility index (Phi) is 3.03. The molecule has 6 heteroatoms. The van der Waals surface area contributed by atoms with E-state index in [9.17, 15) is 13.2 Å². The molecule has 2 aromatic carbocycles. The topological polar surface area (TPSA) is 87.2 Å². The highest BCUT2D eigenvalue weighted by molar-refractivity contribution is 7.91. The third kappa shape index (κ3) is 2.30. The minimum absolute atomic E-state index is 0.0474. The number of carboxylic acids is 1. The summed E-state index contributed by atoms with van der Waals surface area (Å²) in [5.74, 6) is -1.05. The van der Waals surface area contributed by atoms with Gasteiger partial charge in [0, 0.05) is 10.9 Å². The Labute approximate surface area is 120 Å². The number of nitrogens with one attached hydrogen (secondary N) is 1. The molecular weight excluding hydrogens is 290 g/mol. The van der Waals surface area contributed by atoms with Crippen LogP contribution in [0.25, 0.3) is 10.9 Å². The van der Waals surface area contributed by atoms with Crippen molar-refractivity contribution in [2.75, 3.05) is 0 Å². The molecule has 21 heavy (non-hydrogen) atoms. The molecule has 2 N–H and O–H groups in total. The standard InChI is InChI=1S/C15H11NO4S/c17-15(18)10-6-7-13-11(8-10)9-14(16-13)21(19,20)12-4-2-1-3-5-12/h1-9,16H,(H,17,18). The molecule has 106 valence electrons. The summed E-state index contributed by atoms with van der Waals surface area (Å²) >= 11 is 0. The maximum Gasteiger partial charge on any atom is 0.335 e. The number of aromatic carboxylic acids is 1. The number of carbonyl (C=O) groups is 1. The van der Waals surface area contributed by atoms with Gasteiger partial charge in [-0.2, -0.15) is 0 Å². The molecule has 3 aromatic rings.